The van der Waals surface area contributed by atoms with Crippen LogP contribution in [0.3, 0.4) is 0 Å². The van der Waals surface area contributed by atoms with E-state index >= 15 is 0 Å². The first-order chi connectivity index (χ1) is 10.9. The molecule has 5 nitrogen and oxygen atoms in total. The van der Waals surface area contributed by atoms with Crippen LogP contribution in [0.5, 0.6) is 5.75 Å². The van der Waals surface area contributed by atoms with E-state index in [1.54, 1.807) is 23.4 Å². The Hall–Kier alpha value is -1.90. The lowest BCUT2D eigenvalue weighted by Gasteiger charge is -2.19. The fourth-order valence-electron chi connectivity index (χ4n) is 2.35. The van der Waals surface area contributed by atoms with Gasteiger partial charge in [-0.1, -0.05) is 0 Å². The third kappa shape index (κ3) is 3.72. The molecule has 2 aromatic heterocycles. The van der Waals surface area contributed by atoms with Gasteiger partial charge in [-0.15, -0.1) is 0 Å². The summed E-state index contributed by atoms with van der Waals surface area (Å²) in [7, 11) is 0. The SMILES string of the molecule is FC(F)(F)c1cc(N2CCC(Oc3ccncc3Br)C2)ncn1. The molecule has 9 heteroatoms. The molecule has 0 saturated carbocycles. The van der Waals surface area contributed by atoms with E-state index in [1.165, 1.54) is 0 Å². The minimum atomic E-state index is -4.48. The predicted molar refractivity (Wildman–Crippen MR) is 80.2 cm³/mol. The highest BCUT2D eigenvalue weighted by Crippen LogP contribution is 2.31. The number of ether oxygens (including phenoxy) is 1. The van der Waals surface area contributed by atoms with Gasteiger partial charge < -0.3 is 9.64 Å². The minimum absolute atomic E-state index is 0.127. The Kier molecular flexibility index (Phi) is 4.38. The van der Waals surface area contributed by atoms with E-state index < -0.39 is 11.9 Å². The first kappa shape index (κ1) is 16.0. The first-order valence-electron chi connectivity index (χ1n) is 6.84. The summed E-state index contributed by atoms with van der Waals surface area (Å²) in [6.45, 7) is 1.03. The zero-order valence-corrected chi connectivity index (χ0v) is 13.4. The van der Waals surface area contributed by atoms with E-state index in [9.17, 15) is 13.2 Å². The molecule has 1 unspecified atom stereocenters. The second kappa shape index (κ2) is 6.31. The van der Waals surface area contributed by atoms with Crippen molar-refractivity contribution >= 4 is 21.7 Å². The average Bonchev–Trinajstić information content (AvgIpc) is 2.98. The van der Waals surface area contributed by atoms with Crippen molar-refractivity contribution in [1.29, 1.82) is 0 Å². The van der Waals surface area contributed by atoms with Gasteiger partial charge in [0.1, 0.15) is 29.7 Å². The quantitative estimate of drug-likeness (QED) is 0.807. The van der Waals surface area contributed by atoms with Crippen molar-refractivity contribution in [1.82, 2.24) is 15.0 Å². The Morgan fingerprint density at radius 1 is 1.30 bits per heavy atom. The molecule has 2 aromatic rings. The lowest BCUT2D eigenvalue weighted by molar-refractivity contribution is -0.141. The molecule has 1 fully saturated rings. The molecular formula is C14H12BrF3N4O. The van der Waals surface area contributed by atoms with E-state index in [-0.39, 0.29) is 11.9 Å². The van der Waals surface area contributed by atoms with Gasteiger partial charge in [0, 0.05) is 31.4 Å². The number of aromatic nitrogens is 3. The van der Waals surface area contributed by atoms with Gasteiger partial charge in [-0.3, -0.25) is 4.98 Å². The summed E-state index contributed by atoms with van der Waals surface area (Å²) in [4.78, 5) is 12.9. The zero-order chi connectivity index (χ0) is 16.4. The van der Waals surface area contributed by atoms with E-state index in [1.807, 2.05) is 0 Å². The highest BCUT2D eigenvalue weighted by Gasteiger charge is 2.34. The third-order valence-electron chi connectivity index (χ3n) is 3.44. The van der Waals surface area contributed by atoms with Crippen molar-refractivity contribution in [2.24, 2.45) is 0 Å². The van der Waals surface area contributed by atoms with Crippen LogP contribution in [-0.2, 0) is 6.18 Å². The van der Waals surface area contributed by atoms with Crippen molar-refractivity contribution in [3.8, 4) is 5.75 Å². The van der Waals surface area contributed by atoms with Gasteiger partial charge >= 0.3 is 6.18 Å². The highest BCUT2D eigenvalue weighted by molar-refractivity contribution is 9.10. The molecule has 0 radical (unpaired) electrons. The maximum atomic E-state index is 12.7. The van der Waals surface area contributed by atoms with Crippen LogP contribution in [-0.4, -0.2) is 34.1 Å². The van der Waals surface area contributed by atoms with Crippen molar-refractivity contribution in [3.05, 3.63) is 41.0 Å². The number of hydrogen-bond acceptors (Lipinski definition) is 5. The van der Waals surface area contributed by atoms with Crippen molar-refractivity contribution in [3.63, 3.8) is 0 Å². The Morgan fingerprint density at radius 3 is 2.87 bits per heavy atom. The maximum absolute atomic E-state index is 12.7. The number of nitrogens with zero attached hydrogens (tertiary/aromatic N) is 4. The van der Waals surface area contributed by atoms with Gasteiger partial charge in [0.25, 0.3) is 0 Å². The highest BCUT2D eigenvalue weighted by atomic mass is 79.9. The molecule has 0 amide bonds. The number of pyridine rings is 1. The standard InChI is InChI=1S/C14H12BrF3N4O/c15-10-6-19-3-1-11(10)23-9-2-4-22(7-9)13-5-12(14(16,17)18)20-8-21-13/h1,3,5-6,8-9H,2,4,7H2. The largest absolute Gasteiger partial charge is 0.487 e. The van der Waals surface area contributed by atoms with Gasteiger partial charge in [-0.2, -0.15) is 13.2 Å². The molecule has 0 aromatic carbocycles. The van der Waals surface area contributed by atoms with E-state index in [0.717, 1.165) is 16.9 Å². The summed E-state index contributed by atoms with van der Waals surface area (Å²) in [5.41, 5.74) is -0.941. The molecule has 0 N–H and O–H groups in total. The average molecular weight is 389 g/mol. The van der Waals surface area contributed by atoms with Crippen LogP contribution in [0.1, 0.15) is 12.1 Å². The number of rotatable bonds is 3. The van der Waals surface area contributed by atoms with Crippen molar-refractivity contribution < 1.29 is 17.9 Å². The van der Waals surface area contributed by atoms with E-state index in [2.05, 4.69) is 30.9 Å². The van der Waals surface area contributed by atoms with Crippen LogP contribution >= 0.6 is 15.9 Å². The van der Waals surface area contributed by atoms with Crippen LogP contribution in [0, 0.1) is 0 Å². The smallest absolute Gasteiger partial charge is 0.433 e. The molecule has 1 aliphatic rings. The van der Waals surface area contributed by atoms with Gasteiger partial charge in [-0.25, -0.2) is 9.97 Å². The molecule has 3 heterocycles. The van der Waals surface area contributed by atoms with Crippen LogP contribution in [0.2, 0.25) is 0 Å². The summed E-state index contributed by atoms with van der Waals surface area (Å²) in [6, 6.07) is 2.70. The summed E-state index contributed by atoms with van der Waals surface area (Å²) < 4.78 is 44.8. The molecule has 1 atom stereocenters. The first-order valence-corrected chi connectivity index (χ1v) is 7.63. The molecule has 122 valence electrons. The monoisotopic (exact) mass is 388 g/mol. The second-order valence-corrected chi connectivity index (χ2v) is 5.89. The molecule has 1 aliphatic heterocycles. The zero-order valence-electron chi connectivity index (χ0n) is 11.8. The lowest BCUT2D eigenvalue weighted by atomic mass is 10.3. The molecule has 3 rings (SSSR count). The van der Waals surface area contributed by atoms with Gasteiger partial charge in [-0.05, 0) is 22.0 Å². The fraction of sp³-hybridized carbons (Fsp3) is 0.357. The van der Waals surface area contributed by atoms with Gasteiger partial charge in [0.2, 0.25) is 0 Å². The Labute approximate surface area is 138 Å². The summed E-state index contributed by atoms with van der Waals surface area (Å²) in [5.74, 6) is 0.915. The molecule has 0 aliphatic carbocycles. The van der Waals surface area contributed by atoms with Gasteiger partial charge in [0.15, 0.2) is 0 Å². The Balaban J connectivity index is 1.69. The number of halogens is 4. The molecule has 1 saturated heterocycles. The number of anilines is 1. The fourth-order valence-corrected chi connectivity index (χ4v) is 2.69. The van der Waals surface area contributed by atoms with Crippen LogP contribution in [0.15, 0.2) is 35.3 Å². The Bertz CT molecular complexity index is 698. The normalized spacial score (nSPS) is 18.3. The summed E-state index contributed by atoms with van der Waals surface area (Å²) in [5, 5.41) is 0. The Morgan fingerprint density at radius 2 is 2.13 bits per heavy atom. The third-order valence-corrected chi connectivity index (χ3v) is 4.04. The van der Waals surface area contributed by atoms with Crippen LogP contribution in [0.25, 0.3) is 0 Å². The van der Waals surface area contributed by atoms with Crippen molar-refractivity contribution in [2.75, 3.05) is 18.0 Å². The summed E-state index contributed by atoms with van der Waals surface area (Å²) >= 11 is 3.35. The van der Waals surface area contributed by atoms with E-state index in [0.29, 0.717) is 25.3 Å². The predicted octanol–water partition coefficient (Wildman–Crippen LogP) is 3.31. The molecule has 0 spiro atoms. The van der Waals surface area contributed by atoms with Crippen LogP contribution in [0.4, 0.5) is 19.0 Å². The number of alkyl halides is 3. The molecular weight excluding hydrogens is 377 g/mol. The lowest BCUT2D eigenvalue weighted by Crippen LogP contribution is -2.26. The topological polar surface area (TPSA) is 51.1 Å². The molecule has 0 bridgehead atoms. The van der Waals surface area contributed by atoms with Crippen molar-refractivity contribution in [2.45, 2.75) is 18.7 Å². The van der Waals surface area contributed by atoms with E-state index in [4.69, 9.17) is 4.74 Å². The number of hydrogen-bond donors (Lipinski definition) is 0. The second-order valence-electron chi connectivity index (χ2n) is 5.04. The van der Waals surface area contributed by atoms with Gasteiger partial charge in [0.05, 0.1) is 11.0 Å². The summed E-state index contributed by atoms with van der Waals surface area (Å²) in [6.07, 6.45) is 0.272. The molecule has 23 heavy (non-hydrogen) atoms. The van der Waals surface area contributed by atoms with Crippen LogP contribution < -0.4 is 9.64 Å². The minimum Gasteiger partial charge on any atom is -0.487 e. The maximum Gasteiger partial charge on any atom is 0.433 e.